The Kier molecular flexibility index (Phi) is 5.33. The van der Waals surface area contributed by atoms with Crippen molar-refractivity contribution >= 4 is 35.2 Å². The quantitative estimate of drug-likeness (QED) is 0.864. The number of amides is 1. The number of hydrogen-bond acceptors (Lipinski definition) is 5. The second-order valence-corrected chi connectivity index (χ2v) is 9.00. The first-order chi connectivity index (χ1) is 12.3. The number of carbonyl (C=O) groups excluding carboxylic acids is 1. The Morgan fingerprint density at radius 3 is 2.76 bits per heavy atom. The second-order valence-electron chi connectivity index (χ2n) is 6.28. The third-order valence-corrected chi connectivity index (χ3v) is 7.58. The maximum atomic E-state index is 12.5. The van der Waals surface area contributed by atoms with Gasteiger partial charge in [0.1, 0.15) is 5.82 Å². The molecule has 0 saturated carbocycles. The van der Waals surface area contributed by atoms with E-state index >= 15 is 0 Å². The highest BCUT2D eigenvalue weighted by atomic mass is 32.2. The van der Waals surface area contributed by atoms with Gasteiger partial charge in [0.05, 0.1) is 17.4 Å². The molecule has 2 fully saturated rings. The monoisotopic (exact) mass is 375 g/mol. The van der Waals surface area contributed by atoms with E-state index < -0.39 is 0 Å². The Morgan fingerprint density at radius 1 is 1.24 bits per heavy atom. The molecule has 5 nitrogen and oxygen atoms in total. The molecule has 1 amide bonds. The van der Waals surface area contributed by atoms with Gasteiger partial charge in [0.2, 0.25) is 0 Å². The smallest absolute Gasteiger partial charge is 0.256 e. The van der Waals surface area contributed by atoms with Gasteiger partial charge in [-0.2, -0.15) is 5.10 Å². The Morgan fingerprint density at radius 2 is 2.04 bits per heavy atom. The Hall–Kier alpha value is -1.44. The number of aromatic nitrogens is 2. The SMILES string of the molecule is O=C(Nc1ccnn1CC1CCOC1)c1ccc(C2SCCS2)cc1. The van der Waals surface area contributed by atoms with Crippen LogP contribution in [0.3, 0.4) is 0 Å². The molecule has 1 unspecified atom stereocenters. The molecular weight excluding hydrogens is 354 g/mol. The van der Waals surface area contributed by atoms with Gasteiger partial charge in [-0.05, 0) is 24.1 Å². The number of thioether (sulfide) groups is 2. The summed E-state index contributed by atoms with van der Waals surface area (Å²) in [5, 5.41) is 7.31. The summed E-state index contributed by atoms with van der Waals surface area (Å²) in [5.41, 5.74) is 1.96. The molecule has 2 aliphatic heterocycles. The molecule has 25 heavy (non-hydrogen) atoms. The molecule has 1 atom stereocenters. The summed E-state index contributed by atoms with van der Waals surface area (Å²) in [4.78, 5) is 12.5. The third kappa shape index (κ3) is 4.04. The van der Waals surface area contributed by atoms with Crippen LogP contribution in [-0.4, -0.2) is 40.4 Å². The lowest BCUT2D eigenvalue weighted by molar-refractivity contribution is 0.102. The van der Waals surface area contributed by atoms with Crippen molar-refractivity contribution < 1.29 is 9.53 Å². The summed E-state index contributed by atoms with van der Waals surface area (Å²) in [6.07, 6.45) is 2.77. The van der Waals surface area contributed by atoms with Crippen molar-refractivity contribution in [3.8, 4) is 0 Å². The molecular formula is C18H21N3O2S2. The van der Waals surface area contributed by atoms with Gasteiger partial charge in [0, 0.05) is 42.2 Å². The van der Waals surface area contributed by atoms with Crippen molar-refractivity contribution in [1.82, 2.24) is 9.78 Å². The summed E-state index contributed by atoms with van der Waals surface area (Å²) < 4.78 is 7.78. The van der Waals surface area contributed by atoms with Crippen LogP contribution in [-0.2, 0) is 11.3 Å². The number of carbonyl (C=O) groups is 1. The molecule has 2 saturated heterocycles. The van der Waals surface area contributed by atoms with Crippen LogP contribution in [0.4, 0.5) is 5.82 Å². The van der Waals surface area contributed by atoms with E-state index in [1.807, 2.05) is 46.4 Å². The van der Waals surface area contributed by atoms with Crippen LogP contribution in [0.15, 0.2) is 36.5 Å². The summed E-state index contributed by atoms with van der Waals surface area (Å²) in [7, 11) is 0. The molecule has 0 aliphatic carbocycles. The largest absolute Gasteiger partial charge is 0.381 e. The minimum Gasteiger partial charge on any atom is -0.381 e. The van der Waals surface area contributed by atoms with Gasteiger partial charge in [-0.15, -0.1) is 23.5 Å². The van der Waals surface area contributed by atoms with E-state index in [9.17, 15) is 4.79 Å². The van der Waals surface area contributed by atoms with Crippen LogP contribution in [0, 0.1) is 5.92 Å². The van der Waals surface area contributed by atoms with Crippen LogP contribution in [0.2, 0.25) is 0 Å². The summed E-state index contributed by atoms with van der Waals surface area (Å²) >= 11 is 3.94. The first-order valence-corrected chi connectivity index (χ1v) is 10.6. The van der Waals surface area contributed by atoms with Gasteiger partial charge in [-0.25, -0.2) is 4.68 Å². The van der Waals surface area contributed by atoms with E-state index in [1.54, 1.807) is 6.20 Å². The van der Waals surface area contributed by atoms with Gasteiger partial charge in [-0.1, -0.05) is 12.1 Å². The van der Waals surface area contributed by atoms with Crippen molar-refractivity contribution in [3.63, 3.8) is 0 Å². The highest BCUT2D eigenvalue weighted by Crippen LogP contribution is 2.45. The van der Waals surface area contributed by atoms with E-state index in [4.69, 9.17) is 4.74 Å². The molecule has 0 bridgehead atoms. The van der Waals surface area contributed by atoms with E-state index in [0.717, 1.165) is 32.0 Å². The van der Waals surface area contributed by atoms with Gasteiger partial charge in [0.15, 0.2) is 0 Å². The standard InChI is InChI=1S/C18H21N3O2S2/c22-17(14-1-3-15(4-2-14)18-24-9-10-25-18)20-16-5-7-19-21(16)11-13-6-8-23-12-13/h1-5,7,13,18H,6,8-12H2,(H,20,22). The van der Waals surface area contributed by atoms with Crippen LogP contribution in [0.5, 0.6) is 0 Å². The predicted molar refractivity (Wildman–Crippen MR) is 103 cm³/mol. The van der Waals surface area contributed by atoms with Crippen LogP contribution >= 0.6 is 23.5 Å². The van der Waals surface area contributed by atoms with Crippen molar-refractivity contribution in [2.75, 3.05) is 30.0 Å². The summed E-state index contributed by atoms with van der Waals surface area (Å²) in [6, 6.07) is 9.80. The first-order valence-electron chi connectivity index (χ1n) is 8.54. The lowest BCUT2D eigenvalue weighted by Crippen LogP contribution is -2.18. The molecule has 3 heterocycles. The zero-order valence-electron chi connectivity index (χ0n) is 13.9. The molecule has 1 aromatic carbocycles. The zero-order chi connectivity index (χ0) is 17.1. The Labute approximate surface area is 155 Å². The minimum atomic E-state index is -0.0947. The lowest BCUT2D eigenvalue weighted by Gasteiger charge is -2.13. The fourth-order valence-corrected chi connectivity index (χ4v) is 5.95. The number of rotatable bonds is 5. The molecule has 1 aromatic heterocycles. The Bertz CT molecular complexity index is 720. The number of anilines is 1. The van der Waals surface area contributed by atoms with Crippen LogP contribution < -0.4 is 5.32 Å². The predicted octanol–water partition coefficient (Wildman–Crippen LogP) is 3.65. The van der Waals surface area contributed by atoms with E-state index in [-0.39, 0.29) is 5.91 Å². The highest BCUT2D eigenvalue weighted by molar-refractivity contribution is 8.19. The van der Waals surface area contributed by atoms with Crippen LogP contribution in [0.1, 0.15) is 26.9 Å². The van der Waals surface area contributed by atoms with E-state index in [0.29, 0.717) is 16.1 Å². The van der Waals surface area contributed by atoms with Crippen molar-refractivity contribution in [1.29, 1.82) is 0 Å². The summed E-state index contributed by atoms with van der Waals surface area (Å²) in [6.45, 7) is 2.36. The topological polar surface area (TPSA) is 56.2 Å². The minimum absolute atomic E-state index is 0.0947. The van der Waals surface area contributed by atoms with Gasteiger partial charge < -0.3 is 10.1 Å². The maximum absolute atomic E-state index is 12.5. The maximum Gasteiger partial charge on any atom is 0.256 e. The zero-order valence-corrected chi connectivity index (χ0v) is 15.5. The fraction of sp³-hybridized carbons (Fsp3) is 0.444. The van der Waals surface area contributed by atoms with E-state index in [2.05, 4.69) is 22.5 Å². The molecule has 0 radical (unpaired) electrons. The van der Waals surface area contributed by atoms with Gasteiger partial charge in [0.25, 0.3) is 5.91 Å². The van der Waals surface area contributed by atoms with Crippen LogP contribution in [0.25, 0.3) is 0 Å². The lowest BCUT2D eigenvalue weighted by atomic mass is 10.1. The van der Waals surface area contributed by atoms with Crippen molar-refractivity contribution in [3.05, 3.63) is 47.7 Å². The number of nitrogens with one attached hydrogen (secondary N) is 1. The number of hydrogen-bond donors (Lipinski definition) is 1. The first kappa shape index (κ1) is 17.0. The molecule has 0 spiro atoms. The van der Waals surface area contributed by atoms with E-state index in [1.165, 1.54) is 17.1 Å². The highest BCUT2D eigenvalue weighted by Gasteiger charge is 2.20. The van der Waals surface area contributed by atoms with Gasteiger partial charge in [-0.3, -0.25) is 4.79 Å². The fourth-order valence-electron chi connectivity index (χ4n) is 3.09. The van der Waals surface area contributed by atoms with Crippen molar-refractivity contribution in [2.24, 2.45) is 5.92 Å². The summed E-state index contributed by atoms with van der Waals surface area (Å²) in [5.74, 6) is 3.52. The third-order valence-electron chi connectivity index (χ3n) is 4.48. The van der Waals surface area contributed by atoms with Gasteiger partial charge >= 0.3 is 0 Å². The average molecular weight is 376 g/mol. The molecule has 132 valence electrons. The normalized spacial score (nSPS) is 20.9. The molecule has 4 rings (SSSR count). The molecule has 2 aliphatic rings. The average Bonchev–Trinajstić information content (AvgIpc) is 3.39. The molecule has 2 aromatic rings. The number of benzene rings is 1. The molecule has 7 heteroatoms. The number of ether oxygens (including phenoxy) is 1. The molecule has 1 N–H and O–H groups in total. The second kappa shape index (κ2) is 7.85. The Balaban J connectivity index is 1.40. The van der Waals surface area contributed by atoms with Crippen molar-refractivity contribution in [2.45, 2.75) is 17.5 Å². The number of nitrogens with zero attached hydrogens (tertiary/aromatic N) is 2.